The second-order valence-electron chi connectivity index (χ2n) is 3.99. The third-order valence-electron chi connectivity index (χ3n) is 2.92. The monoisotopic (exact) mass is 257 g/mol. The highest BCUT2D eigenvalue weighted by Gasteiger charge is 2.30. The number of amides is 2. The van der Waals surface area contributed by atoms with Gasteiger partial charge in [0.05, 0.1) is 11.1 Å². The van der Waals surface area contributed by atoms with Crippen LogP contribution in [0.3, 0.4) is 0 Å². The van der Waals surface area contributed by atoms with Crippen molar-refractivity contribution in [3.63, 3.8) is 0 Å². The fourth-order valence-corrected chi connectivity index (χ4v) is 2.39. The van der Waals surface area contributed by atoms with Gasteiger partial charge in [-0.2, -0.15) is 0 Å². The number of fused-ring (bicyclic) bond motifs is 1. The number of imide groups is 1. The Morgan fingerprint density at radius 3 is 2.28 bits per heavy atom. The molecule has 2 aromatic carbocycles. The highest BCUT2D eigenvalue weighted by Crippen LogP contribution is 2.35. The van der Waals surface area contributed by atoms with Gasteiger partial charge in [-0.1, -0.05) is 41.9 Å². The Bertz CT molecular complexity index is 665. The summed E-state index contributed by atoms with van der Waals surface area (Å²) >= 11 is 6.16. The Morgan fingerprint density at radius 2 is 1.56 bits per heavy atom. The van der Waals surface area contributed by atoms with Gasteiger partial charge in [-0.25, -0.2) is 0 Å². The number of carbonyl (C=O) groups excluding carboxylic acids is 2. The van der Waals surface area contributed by atoms with E-state index in [1.165, 1.54) is 0 Å². The van der Waals surface area contributed by atoms with Crippen molar-refractivity contribution in [2.75, 3.05) is 0 Å². The maximum Gasteiger partial charge on any atom is 0.259 e. The fraction of sp³-hybridized carbons (Fsp3) is 0. The summed E-state index contributed by atoms with van der Waals surface area (Å²) in [5, 5.41) is 2.75. The van der Waals surface area contributed by atoms with Gasteiger partial charge in [-0.15, -0.1) is 0 Å². The van der Waals surface area contributed by atoms with Crippen molar-refractivity contribution in [3.8, 4) is 11.1 Å². The lowest BCUT2D eigenvalue weighted by Crippen LogP contribution is -2.20. The molecule has 1 N–H and O–H groups in total. The smallest absolute Gasteiger partial charge is 0.259 e. The van der Waals surface area contributed by atoms with Crippen molar-refractivity contribution < 1.29 is 9.59 Å². The highest BCUT2D eigenvalue weighted by molar-refractivity contribution is 6.36. The third-order valence-corrected chi connectivity index (χ3v) is 3.23. The van der Waals surface area contributed by atoms with Gasteiger partial charge >= 0.3 is 0 Å². The maximum atomic E-state index is 11.8. The number of hydrogen-bond acceptors (Lipinski definition) is 2. The molecule has 4 heteroatoms. The summed E-state index contributed by atoms with van der Waals surface area (Å²) in [4.78, 5) is 23.4. The van der Waals surface area contributed by atoms with Gasteiger partial charge in [0.15, 0.2) is 0 Å². The Balaban J connectivity index is 2.34. The first-order chi connectivity index (χ1) is 8.68. The number of rotatable bonds is 1. The predicted octanol–water partition coefficient (Wildman–Crippen LogP) is 2.89. The Morgan fingerprint density at radius 1 is 0.833 bits per heavy atom. The van der Waals surface area contributed by atoms with E-state index < -0.39 is 5.91 Å². The largest absolute Gasteiger partial charge is 0.288 e. The average molecular weight is 258 g/mol. The molecule has 0 bridgehead atoms. The third kappa shape index (κ3) is 1.52. The minimum atomic E-state index is -0.392. The van der Waals surface area contributed by atoms with Gasteiger partial charge in [0.2, 0.25) is 0 Å². The number of hydrogen-bond donors (Lipinski definition) is 1. The van der Waals surface area contributed by atoms with Crippen molar-refractivity contribution >= 4 is 23.4 Å². The van der Waals surface area contributed by atoms with Gasteiger partial charge in [-0.3, -0.25) is 14.9 Å². The first kappa shape index (κ1) is 11.0. The van der Waals surface area contributed by atoms with Crippen LogP contribution in [0.4, 0.5) is 0 Å². The number of carbonyl (C=O) groups is 2. The molecule has 18 heavy (non-hydrogen) atoms. The van der Waals surface area contributed by atoms with Gasteiger partial charge < -0.3 is 0 Å². The lowest BCUT2D eigenvalue weighted by atomic mass is 9.96. The first-order valence-electron chi connectivity index (χ1n) is 5.42. The molecule has 2 amide bonds. The second-order valence-corrected chi connectivity index (χ2v) is 4.40. The average Bonchev–Trinajstić information content (AvgIpc) is 2.66. The standard InChI is InChI=1S/C14H8ClNO2/c15-10-7-6-9-12(14(18)16-13(9)17)11(10)8-4-2-1-3-5-8/h1-7H,(H,16,17,18). The zero-order chi connectivity index (χ0) is 12.7. The van der Waals surface area contributed by atoms with Crippen molar-refractivity contribution in [1.82, 2.24) is 5.32 Å². The Labute approximate surface area is 108 Å². The van der Waals surface area contributed by atoms with E-state index in [9.17, 15) is 9.59 Å². The summed E-state index contributed by atoms with van der Waals surface area (Å²) in [6.07, 6.45) is 0. The van der Waals surface area contributed by atoms with Crippen molar-refractivity contribution in [2.45, 2.75) is 0 Å². The molecule has 0 saturated carbocycles. The summed E-state index contributed by atoms with van der Waals surface area (Å²) in [7, 11) is 0. The van der Waals surface area contributed by atoms with Crippen molar-refractivity contribution in [1.29, 1.82) is 0 Å². The lowest BCUT2D eigenvalue weighted by molar-refractivity contribution is 0.0880. The Hall–Kier alpha value is -2.13. The van der Waals surface area contributed by atoms with E-state index in [1.807, 2.05) is 30.3 Å². The van der Waals surface area contributed by atoms with Crippen LogP contribution >= 0.6 is 11.6 Å². The zero-order valence-electron chi connectivity index (χ0n) is 9.24. The normalized spacial score (nSPS) is 13.4. The van der Waals surface area contributed by atoms with E-state index in [1.54, 1.807) is 12.1 Å². The molecule has 1 heterocycles. The number of halogens is 1. The number of benzene rings is 2. The van der Waals surface area contributed by atoms with Gasteiger partial charge in [-0.05, 0) is 17.7 Å². The van der Waals surface area contributed by atoms with Crippen molar-refractivity contribution in [2.24, 2.45) is 0 Å². The summed E-state index contributed by atoms with van der Waals surface area (Å²) in [5.41, 5.74) is 2.17. The van der Waals surface area contributed by atoms with Crippen LogP contribution in [0.15, 0.2) is 42.5 Å². The Kier molecular flexibility index (Phi) is 2.42. The molecule has 0 aromatic heterocycles. The van der Waals surface area contributed by atoms with E-state index in [2.05, 4.69) is 5.32 Å². The molecule has 0 fully saturated rings. The van der Waals surface area contributed by atoms with Crippen LogP contribution < -0.4 is 5.32 Å². The molecule has 0 unspecified atom stereocenters. The summed E-state index contributed by atoms with van der Waals surface area (Å²) < 4.78 is 0. The predicted molar refractivity (Wildman–Crippen MR) is 68.7 cm³/mol. The lowest BCUT2D eigenvalue weighted by Gasteiger charge is -2.08. The molecule has 3 rings (SSSR count). The first-order valence-corrected chi connectivity index (χ1v) is 5.80. The second kappa shape index (κ2) is 3.96. The molecule has 0 saturated heterocycles. The SMILES string of the molecule is O=C1NC(=O)c2c1ccc(Cl)c2-c1ccccc1. The maximum absolute atomic E-state index is 11.8. The molecular weight excluding hydrogens is 250 g/mol. The summed E-state index contributed by atoms with van der Waals surface area (Å²) in [6, 6.07) is 12.5. The van der Waals surface area contributed by atoms with Crippen LogP contribution in [0.25, 0.3) is 11.1 Å². The van der Waals surface area contributed by atoms with E-state index in [0.29, 0.717) is 21.7 Å². The van der Waals surface area contributed by atoms with Crippen LogP contribution in [-0.2, 0) is 0 Å². The molecule has 88 valence electrons. The van der Waals surface area contributed by atoms with Crippen LogP contribution in [0.2, 0.25) is 5.02 Å². The van der Waals surface area contributed by atoms with Crippen LogP contribution in [0.5, 0.6) is 0 Å². The van der Waals surface area contributed by atoms with E-state index in [-0.39, 0.29) is 5.91 Å². The summed E-state index contributed by atoms with van der Waals surface area (Å²) in [6.45, 7) is 0. The molecule has 1 aliphatic heterocycles. The van der Waals surface area contributed by atoms with Crippen LogP contribution in [0.1, 0.15) is 20.7 Å². The molecule has 0 radical (unpaired) electrons. The highest BCUT2D eigenvalue weighted by atomic mass is 35.5. The van der Waals surface area contributed by atoms with Gasteiger partial charge in [0.25, 0.3) is 11.8 Å². The molecular formula is C14H8ClNO2. The van der Waals surface area contributed by atoms with Crippen molar-refractivity contribution in [3.05, 3.63) is 58.6 Å². The topological polar surface area (TPSA) is 46.2 Å². The fourth-order valence-electron chi connectivity index (χ4n) is 2.12. The summed E-state index contributed by atoms with van der Waals surface area (Å²) in [5.74, 6) is -0.764. The minimum absolute atomic E-state index is 0.360. The van der Waals surface area contributed by atoms with Crippen LogP contribution in [0, 0.1) is 0 Å². The van der Waals surface area contributed by atoms with Gasteiger partial charge in [0.1, 0.15) is 0 Å². The molecule has 3 nitrogen and oxygen atoms in total. The quantitative estimate of drug-likeness (QED) is 0.799. The van der Waals surface area contributed by atoms with Gasteiger partial charge in [0, 0.05) is 10.6 Å². The van der Waals surface area contributed by atoms with Crippen LogP contribution in [-0.4, -0.2) is 11.8 Å². The molecule has 0 spiro atoms. The minimum Gasteiger partial charge on any atom is -0.288 e. The molecule has 0 atom stereocenters. The van der Waals surface area contributed by atoms with E-state index >= 15 is 0 Å². The molecule has 2 aromatic rings. The van der Waals surface area contributed by atoms with E-state index in [4.69, 9.17) is 11.6 Å². The molecule has 0 aliphatic carbocycles. The number of nitrogens with one attached hydrogen (secondary N) is 1. The zero-order valence-corrected chi connectivity index (χ0v) is 9.99. The molecule has 1 aliphatic rings. The van der Waals surface area contributed by atoms with E-state index in [0.717, 1.165) is 5.56 Å².